The van der Waals surface area contributed by atoms with Crippen LogP contribution in [-0.2, 0) is 0 Å². The Hall–Kier alpha value is -3.41. The Morgan fingerprint density at radius 2 is 1.78 bits per heavy atom. The molecule has 2 aromatic carbocycles. The van der Waals surface area contributed by atoms with E-state index >= 15 is 0 Å². The van der Waals surface area contributed by atoms with E-state index in [4.69, 9.17) is 0 Å². The van der Waals surface area contributed by atoms with E-state index in [2.05, 4.69) is 20.3 Å². The summed E-state index contributed by atoms with van der Waals surface area (Å²) in [7, 11) is 1.78. The van der Waals surface area contributed by atoms with Gasteiger partial charge in [0.1, 0.15) is 5.82 Å². The molecule has 0 atom stereocenters. The van der Waals surface area contributed by atoms with Gasteiger partial charge in [0.15, 0.2) is 17.5 Å². The maximum absolute atomic E-state index is 14.3. The minimum atomic E-state index is -0.873. The molecule has 4 aromatic rings. The van der Waals surface area contributed by atoms with Gasteiger partial charge < -0.3 is 5.32 Å². The summed E-state index contributed by atoms with van der Waals surface area (Å²) >= 11 is 0. The molecule has 4 nitrogen and oxygen atoms in total. The highest BCUT2D eigenvalue weighted by Gasteiger charge is 2.16. The number of nitrogens with one attached hydrogen (secondary N) is 1. The molecule has 27 heavy (non-hydrogen) atoms. The number of aromatic nitrogens is 3. The summed E-state index contributed by atoms with van der Waals surface area (Å²) in [5, 5.41) is 3.89. The Bertz CT molecular complexity index is 1140. The van der Waals surface area contributed by atoms with Gasteiger partial charge in [0.2, 0.25) is 0 Å². The van der Waals surface area contributed by atoms with Gasteiger partial charge in [-0.05, 0) is 42.3 Å². The van der Waals surface area contributed by atoms with Crippen LogP contribution in [0.5, 0.6) is 0 Å². The highest BCUT2D eigenvalue weighted by atomic mass is 19.2. The molecule has 0 aliphatic carbocycles. The molecule has 0 spiro atoms. The largest absolute Gasteiger partial charge is 0.373 e. The fourth-order valence-corrected chi connectivity index (χ4v) is 3.15. The summed E-state index contributed by atoms with van der Waals surface area (Å²) in [4.78, 5) is 13.4. The summed E-state index contributed by atoms with van der Waals surface area (Å²) < 4.78 is 28.0. The van der Waals surface area contributed by atoms with Gasteiger partial charge in [-0.3, -0.25) is 4.98 Å². The van der Waals surface area contributed by atoms with Gasteiger partial charge in [-0.15, -0.1) is 0 Å². The lowest BCUT2D eigenvalue weighted by atomic mass is 9.97. The third-order valence-corrected chi connectivity index (χ3v) is 4.52. The quantitative estimate of drug-likeness (QED) is 0.558. The molecule has 0 saturated heterocycles. The molecule has 0 aliphatic rings. The molecular formula is C21H16F2N4. The molecule has 0 fully saturated rings. The number of pyridine rings is 1. The fourth-order valence-electron chi connectivity index (χ4n) is 3.15. The summed E-state index contributed by atoms with van der Waals surface area (Å²) in [5.41, 5.74) is 3.01. The van der Waals surface area contributed by atoms with Crippen molar-refractivity contribution in [2.24, 2.45) is 0 Å². The lowest BCUT2D eigenvalue weighted by Gasteiger charge is -2.14. The monoisotopic (exact) mass is 362 g/mol. The number of hydrogen-bond donors (Lipinski definition) is 1. The highest BCUT2D eigenvalue weighted by Crippen LogP contribution is 2.34. The summed E-state index contributed by atoms with van der Waals surface area (Å²) in [6.45, 7) is 1.85. The van der Waals surface area contributed by atoms with E-state index in [0.29, 0.717) is 22.7 Å². The van der Waals surface area contributed by atoms with Gasteiger partial charge in [0, 0.05) is 36.0 Å². The molecule has 134 valence electrons. The molecule has 4 rings (SSSR count). The van der Waals surface area contributed by atoms with Crippen LogP contribution in [0.1, 0.15) is 5.56 Å². The van der Waals surface area contributed by atoms with Gasteiger partial charge in [0.25, 0.3) is 0 Å². The fraction of sp³-hybridized carbons (Fsp3) is 0.0952. The third-order valence-electron chi connectivity index (χ3n) is 4.52. The minimum Gasteiger partial charge on any atom is -0.373 e. The summed E-state index contributed by atoms with van der Waals surface area (Å²) in [5.74, 6) is -0.565. The zero-order valence-corrected chi connectivity index (χ0v) is 14.8. The standard InChI is InChI=1S/C21H16F2N4/c1-12-14(15-6-3-7-17(22)18(15)23)8-9-16-19(12)26-20(27-21(16)24-2)13-5-4-10-25-11-13/h3-11H,1-2H3,(H,24,26,27). The van der Waals surface area contributed by atoms with Crippen molar-refractivity contribution in [1.82, 2.24) is 15.0 Å². The Balaban J connectivity index is 2.00. The molecule has 2 aromatic heterocycles. The number of aryl methyl sites for hydroxylation is 1. The van der Waals surface area contributed by atoms with E-state index in [9.17, 15) is 8.78 Å². The normalized spacial score (nSPS) is 11.0. The topological polar surface area (TPSA) is 50.7 Å². The van der Waals surface area contributed by atoms with Crippen LogP contribution in [0.25, 0.3) is 33.4 Å². The van der Waals surface area contributed by atoms with Crippen molar-refractivity contribution in [1.29, 1.82) is 0 Å². The Labute approximate surface area is 154 Å². The number of nitrogens with zero attached hydrogens (tertiary/aromatic N) is 3. The highest BCUT2D eigenvalue weighted by molar-refractivity contribution is 5.96. The van der Waals surface area contributed by atoms with E-state index in [-0.39, 0.29) is 5.56 Å². The minimum absolute atomic E-state index is 0.210. The average Bonchev–Trinajstić information content (AvgIpc) is 2.71. The molecule has 0 aliphatic heterocycles. The molecule has 2 heterocycles. The first-order valence-electron chi connectivity index (χ1n) is 8.44. The molecule has 0 unspecified atom stereocenters. The second-order valence-electron chi connectivity index (χ2n) is 6.12. The van der Waals surface area contributed by atoms with Crippen molar-refractivity contribution in [3.05, 3.63) is 72.1 Å². The van der Waals surface area contributed by atoms with Crippen molar-refractivity contribution < 1.29 is 8.78 Å². The van der Waals surface area contributed by atoms with E-state index in [1.54, 1.807) is 31.6 Å². The lowest BCUT2D eigenvalue weighted by molar-refractivity contribution is 0.511. The van der Waals surface area contributed by atoms with Gasteiger partial charge in [-0.2, -0.15) is 0 Å². The number of halogens is 2. The molecule has 6 heteroatoms. The smallest absolute Gasteiger partial charge is 0.166 e. The van der Waals surface area contributed by atoms with Crippen LogP contribution < -0.4 is 5.32 Å². The Morgan fingerprint density at radius 3 is 2.52 bits per heavy atom. The van der Waals surface area contributed by atoms with E-state index < -0.39 is 11.6 Å². The first-order valence-corrected chi connectivity index (χ1v) is 8.44. The molecular weight excluding hydrogens is 346 g/mol. The molecule has 0 radical (unpaired) electrons. The van der Waals surface area contributed by atoms with Crippen LogP contribution in [0.2, 0.25) is 0 Å². The van der Waals surface area contributed by atoms with Crippen molar-refractivity contribution >= 4 is 16.7 Å². The van der Waals surface area contributed by atoms with E-state index in [1.165, 1.54) is 6.07 Å². The second-order valence-corrected chi connectivity index (χ2v) is 6.12. The van der Waals surface area contributed by atoms with Crippen molar-refractivity contribution in [2.75, 3.05) is 12.4 Å². The van der Waals surface area contributed by atoms with Crippen LogP contribution in [0, 0.1) is 18.6 Å². The second kappa shape index (κ2) is 6.72. The predicted molar refractivity (Wildman–Crippen MR) is 102 cm³/mol. The molecule has 1 N–H and O–H groups in total. The summed E-state index contributed by atoms with van der Waals surface area (Å²) in [6, 6.07) is 11.4. The number of hydrogen-bond acceptors (Lipinski definition) is 4. The van der Waals surface area contributed by atoms with Gasteiger partial charge >= 0.3 is 0 Å². The zero-order chi connectivity index (χ0) is 19.0. The maximum Gasteiger partial charge on any atom is 0.166 e. The van der Waals surface area contributed by atoms with Gasteiger partial charge in [-0.1, -0.05) is 18.2 Å². The number of fused-ring (bicyclic) bond motifs is 1. The van der Waals surface area contributed by atoms with Crippen LogP contribution in [0.3, 0.4) is 0 Å². The van der Waals surface area contributed by atoms with Crippen LogP contribution in [0.4, 0.5) is 14.6 Å². The Morgan fingerprint density at radius 1 is 0.926 bits per heavy atom. The van der Waals surface area contributed by atoms with Gasteiger partial charge in [0.05, 0.1) is 5.52 Å². The van der Waals surface area contributed by atoms with E-state index in [0.717, 1.165) is 22.6 Å². The molecule has 0 bridgehead atoms. The molecule has 0 amide bonds. The van der Waals surface area contributed by atoms with Crippen molar-refractivity contribution in [2.45, 2.75) is 6.92 Å². The van der Waals surface area contributed by atoms with Crippen LogP contribution >= 0.6 is 0 Å². The van der Waals surface area contributed by atoms with Crippen molar-refractivity contribution in [3.8, 4) is 22.5 Å². The zero-order valence-electron chi connectivity index (χ0n) is 14.8. The first-order chi connectivity index (χ1) is 13.1. The Kier molecular flexibility index (Phi) is 4.24. The first kappa shape index (κ1) is 17.0. The van der Waals surface area contributed by atoms with Crippen LogP contribution in [-0.4, -0.2) is 22.0 Å². The van der Waals surface area contributed by atoms with Crippen molar-refractivity contribution in [3.63, 3.8) is 0 Å². The maximum atomic E-state index is 14.3. The van der Waals surface area contributed by atoms with Crippen LogP contribution in [0.15, 0.2) is 54.9 Å². The third kappa shape index (κ3) is 2.89. The van der Waals surface area contributed by atoms with Gasteiger partial charge in [-0.25, -0.2) is 18.7 Å². The lowest BCUT2D eigenvalue weighted by Crippen LogP contribution is -2.01. The predicted octanol–water partition coefficient (Wildman–Crippen LogP) is 4.99. The van der Waals surface area contributed by atoms with E-state index in [1.807, 2.05) is 25.1 Å². The number of anilines is 1. The molecule has 0 saturated carbocycles. The summed E-state index contributed by atoms with van der Waals surface area (Å²) in [6.07, 6.45) is 3.37. The average molecular weight is 362 g/mol. The number of benzene rings is 2. The SMILES string of the molecule is CNc1nc(-c2cccnc2)nc2c(C)c(-c3cccc(F)c3F)ccc12. The number of rotatable bonds is 3.